The van der Waals surface area contributed by atoms with Gasteiger partial charge in [-0.05, 0) is 28.7 Å². The van der Waals surface area contributed by atoms with Crippen LogP contribution in [0.4, 0.5) is 0 Å². The molecule has 0 unspecified atom stereocenters. The molecule has 92 valence electrons. The second kappa shape index (κ2) is 16.4. The molecule has 0 N–H and O–H groups in total. The summed E-state index contributed by atoms with van der Waals surface area (Å²) in [5.41, 5.74) is 0. The third-order valence-corrected chi connectivity index (χ3v) is 5.75. The number of hydrogen-bond acceptors (Lipinski definition) is 0. The monoisotopic (exact) mass is 267 g/mol. The summed E-state index contributed by atoms with van der Waals surface area (Å²) in [4.78, 5) is 0. The molecule has 0 bridgehead atoms. The van der Waals surface area contributed by atoms with Crippen molar-refractivity contribution in [1.82, 2.24) is 0 Å². The number of rotatable bonds is 3. The molecule has 1 aliphatic rings. The van der Waals surface area contributed by atoms with Gasteiger partial charge in [0.25, 0.3) is 0 Å². The first-order chi connectivity index (χ1) is 5.85. The van der Waals surface area contributed by atoms with Crippen LogP contribution in [-0.4, -0.2) is 18.5 Å². The van der Waals surface area contributed by atoms with Crippen LogP contribution in [0.1, 0.15) is 52.9 Å². The Hall–Kier alpha value is 0.949. The fraction of sp³-hybridized carbons (Fsp3) is 0.917. The zero-order valence-corrected chi connectivity index (χ0v) is 12.4. The van der Waals surface area contributed by atoms with Gasteiger partial charge in [-0.25, -0.2) is 0 Å². The molecule has 0 aromatic heterocycles. The standard InChI is InChI=1S/C6H15P.C5H10.CH3.Cu/c1-4-7(5-2)6-3;1-2-4-5-3-1;;/h4-6H2,1-3H3;1-5H2;1H3;/q;;-1;+1/p+1. The average molecular weight is 268 g/mol. The largest absolute Gasteiger partial charge is 1.00 e. The van der Waals surface area contributed by atoms with E-state index in [9.17, 15) is 0 Å². The number of hydrogen-bond donors (Lipinski definition) is 0. The quantitative estimate of drug-likeness (QED) is 0.396. The Balaban J connectivity index is -0.000000155. The molecular formula is C12H29CuP+. The van der Waals surface area contributed by atoms with Gasteiger partial charge in [0.1, 0.15) is 0 Å². The second-order valence-electron chi connectivity index (χ2n) is 3.58. The first kappa shape index (κ1) is 20.4. The topological polar surface area (TPSA) is 0 Å². The molecule has 1 saturated carbocycles. The van der Waals surface area contributed by atoms with E-state index in [1.54, 1.807) is 0 Å². The van der Waals surface area contributed by atoms with E-state index < -0.39 is 0 Å². The van der Waals surface area contributed by atoms with Crippen LogP contribution in [0.25, 0.3) is 0 Å². The van der Waals surface area contributed by atoms with Crippen LogP contribution in [0.3, 0.4) is 0 Å². The van der Waals surface area contributed by atoms with Crippen molar-refractivity contribution in [1.29, 1.82) is 0 Å². The Kier molecular flexibility index (Phi) is 23.8. The van der Waals surface area contributed by atoms with Gasteiger partial charge in [-0.15, -0.1) is 0 Å². The predicted molar refractivity (Wildman–Crippen MR) is 69.4 cm³/mol. The normalized spacial score (nSPS) is 13.7. The molecule has 0 spiro atoms. The minimum absolute atomic E-state index is 0. The first-order valence-electron chi connectivity index (χ1n) is 5.68. The van der Waals surface area contributed by atoms with Crippen molar-refractivity contribution >= 4 is 7.92 Å². The van der Waals surface area contributed by atoms with Crippen LogP contribution >= 0.6 is 7.92 Å². The van der Waals surface area contributed by atoms with E-state index in [2.05, 4.69) is 20.8 Å². The van der Waals surface area contributed by atoms with Crippen LogP contribution in [0.15, 0.2) is 0 Å². The molecule has 0 aromatic carbocycles. The van der Waals surface area contributed by atoms with Crippen molar-refractivity contribution < 1.29 is 17.1 Å². The second-order valence-corrected chi connectivity index (χ2v) is 7.20. The average Bonchev–Trinajstić information content (AvgIpc) is 2.64. The zero-order valence-electron chi connectivity index (χ0n) is 10.5. The molecular weight excluding hydrogens is 239 g/mol. The minimum Gasteiger partial charge on any atom is -0.358 e. The summed E-state index contributed by atoms with van der Waals surface area (Å²) in [5.74, 6) is 0. The van der Waals surface area contributed by atoms with Crippen molar-refractivity contribution in [2.75, 3.05) is 18.5 Å². The van der Waals surface area contributed by atoms with Gasteiger partial charge in [-0.2, -0.15) is 0 Å². The Labute approximate surface area is 104 Å². The molecule has 0 aromatic rings. The van der Waals surface area contributed by atoms with Gasteiger partial charge < -0.3 is 7.43 Å². The summed E-state index contributed by atoms with van der Waals surface area (Å²) in [5, 5.41) is 0. The molecule has 2 heteroatoms. The smallest absolute Gasteiger partial charge is 0.358 e. The van der Waals surface area contributed by atoms with Gasteiger partial charge in [0.2, 0.25) is 0 Å². The van der Waals surface area contributed by atoms with E-state index in [1.165, 1.54) is 50.6 Å². The molecule has 0 nitrogen and oxygen atoms in total. The predicted octanol–water partition coefficient (Wildman–Crippen LogP) is 4.66. The molecule has 0 heterocycles. The Morgan fingerprint density at radius 3 is 1.00 bits per heavy atom. The molecule has 0 saturated heterocycles. The Morgan fingerprint density at radius 2 is 0.929 bits per heavy atom. The van der Waals surface area contributed by atoms with Gasteiger partial charge in [0, 0.05) is 0 Å². The van der Waals surface area contributed by atoms with Crippen LogP contribution in [0.2, 0.25) is 0 Å². The third kappa shape index (κ3) is 12.9. The van der Waals surface area contributed by atoms with E-state index >= 15 is 0 Å². The summed E-state index contributed by atoms with van der Waals surface area (Å²) in [6.07, 6.45) is 11.9. The Morgan fingerprint density at radius 1 is 0.714 bits per heavy atom. The maximum atomic E-state index is 2.31. The molecule has 1 fully saturated rings. The molecule has 0 atom stereocenters. The molecule has 0 amide bonds. The van der Waals surface area contributed by atoms with E-state index in [4.69, 9.17) is 0 Å². The van der Waals surface area contributed by atoms with E-state index in [-0.39, 0.29) is 32.4 Å². The first-order valence-corrected chi connectivity index (χ1v) is 7.80. The summed E-state index contributed by atoms with van der Waals surface area (Å²) in [6, 6.07) is 0. The SMILES string of the molecule is C1CCCC1.CC[PH+](CC)CC.[CH3-].[Cu+]. The summed E-state index contributed by atoms with van der Waals surface area (Å²) >= 11 is 0. The molecule has 0 aliphatic heterocycles. The van der Waals surface area contributed by atoms with Crippen LogP contribution in [0.5, 0.6) is 0 Å². The van der Waals surface area contributed by atoms with Crippen molar-refractivity contribution in [3.05, 3.63) is 7.43 Å². The minimum atomic E-state index is 0. The van der Waals surface area contributed by atoms with Gasteiger partial charge in [-0.1, -0.05) is 32.1 Å². The molecule has 0 radical (unpaired) electrons. The summed E-state index contributed by atoms with van der Waals surface area (Å²) in [7, 11) is 0.137. The van der Waals surface area contributed by atoms with Crippen molar-refractivity contribution in [3.63, 3.8) is 0 Å². The summed E-state index contributed by atoms with van der Waals surface area (Å²) < 4.78 is 0. The van der Waals surface area contributed by atoms with Gasteiger partial charge in [0.15, 0.2) is 0 Å². The van der Waals surface area contributed by atoms with E-state index in [0.29, 0.717) is 0 Å². The van der Waals surface area contributed by atoms with Crippen molar-refractivity contribution in [3.8, 4) is 0 Å². The zero-order chi connectivity index (χ0) is 9.23. The van der Waals surface area contributed by atoms with Crippen molar-refractivity contribution in [2.45, 2.75) is 52.9 Å². The van der Waals surface area contributed by atoms with E-state index in [0.717, 1.165) is 0 Å². The molecule has 1 rings (SSSR count). The summed E-state index contributed by atoms with van der Waals surface area (Å²) in [6.45, 7) is 6.92. The van der Waals surface area contributed by atoms with Gasteiger partial charge in [0.05, 0.1) is 18.5 Å². The van der Waals surface area contributed by atoms with Gasteiger partial charge >= 0.3 is 17.1 Å². The Bertz CT molecular complexity index is 65.3. The third-order valence-electron chi connectivity index (χ3n) is 2.75. The van der Waals surface area contributed by atoms with E-state index in [1.807, 2.05) is 0 Å². The fourth-order valence-corrected chi connectivity index (χ4v) is 3.13. The molecule has 1 aliphatic carbocycles. The maximum Gasteiger partial charge on any atom is 1.00 e. The molecule has 14 heavy (non-hydrogen) atoms. The van der Waals surface area contributed by atoms with Crippen molar-refractivity contribution in [2.24, 2.45) is 0 Å². The van der Waals surface area contributed by atoms with Gasteiger partial charge in [-0.3, -0.25) is 0 Å². The fourth-order valence-electron chi connectivity index (χ4n) is 1.63. The maximum absolute atomic E-state index is 2.31. The van der Waals surface area contributed by atoms with Crippen LogP contribution in [0, 0.1) is 7.43 Å². The van der Waals surface area contributed by atoms with Crippen LogP contribution < -0.4 is 0 Å². The van der Waals surface area contributed by atoms with Crippen LogP contribution in [-0.2, 0) is 17.1 Å².